The van der Waals surface area contributed by atoms with Gasteiger partial charge in [-0.25, -0.2) is 8.78 Å². The van der Waals surface area contributed by atoms with Crippen molar-refractivity contribution in [1.29, 1.82) is 0 Å². The monoisotopic (exact) mass is 445 g/mol. The highest BCUT2D eigenvalue weighted by Crippen LogP contribution is 2.11. The molecule has 0 unspecified atom stereocenters. The Morgan fingerprint density at radius 1 is 1.08 bits per heavy atom. The summed E-state index contributed by atoms with van der Waals surface area (Å²) in [6, 6.07) is 14.3. The largest absolute Gasteiger partial charge is 0.356 e. The smallest absolute Gasteiger partial charge is 0.193 e. The predicted octanol–water partition coefficient (Wildman–Crippen LogP) is 3.83. The van der Waals surface area contributed by atoms with Crippen LogP contribution in [0, 0.1) is 11.6 Å². The number of guanidine groups is 1. The van der Waals surface area contributed by atoms with Crippen molar-refractivity contribution in [3.8, 4) is 0 Å². The van der Waals surface area contributed by atoms with Crippen LogP contribution in [0.15, 0.2) is 53.5 Å². The van der Waals surface area contributed by atoms with Gasteiger partial charge in [-0.1, -0.05) is 42.5 Å². The van der Waals surface area contributed by atoms with Gasteiger partial charge >= 0.3 is 0 Å². The van der Waals surface area contributed by atoms with Crippen LogP contribution in [0.25, 0.3) is 0 Å². The molecule has 0 aliphatic carbocycles. The summed E-state index contributed by atoms with van der Waals surface area (Å²) in [6.45, 7) is 1.20. The van der Waals surface area contributed by atoms with Crippen LogP contribution in [0.2, 0.25) is 0 Å². The fourth-order valence-corrected chi connectivity index (χ4v) is 2.37. The van der Waals surface area contributed by atoms with Gasteiger partial charge in [0.05, 0.1) is 0 Å². The summed E-state index contributed by atoms with van der Waals surface area (Å²) in [7, 11) is 3.64. The first kappa shape index (κ1) is 20.3. The van der Waals surface area contributed by atoms with E-state index >= 15 is 0 Å². The molecular formula is C18H22F2IN3. The Balaban J connectivity index is 0.00000288. The number of nitrogens with one attached hydrogen (secondary N) is 1. The maximum absolute atomic E-state index is 13.6. The molecule has 0 fully saturated rings. The highest BCUT2D eigenvalue weighted by atomic mass is 127. The van der Waals surface area contributed by atoms with Gasteiger partial charge in [0.2, 0.25) is 0 Å². The molecule has 0 saturated heterocycles. The molecule has 130 valence electrons. The molecule has 0 aliphatic heterocycles. The lowest BCUT2D eigenvalue weighted by Gasteiger charge is -2.22. The van der Waals surface area contributed by atoms with E-state index in [2.05, 4.69) is 10.3 Å². The summed E-state index contributed by atoms with van der Waals surface area (Å²) in [5, 5.41) is 3.17. The molecule has 0 atom stereocenters. The van der Waals surface area contributed by atoms with Gasteiger partial charge in [0.1, 0.15) is 0 Å². The highest BCUT2D eigenvalue weighted by Gasteiger charge is 2.09. The number of aliphatic imine (C=N–C) groups is 1. The van der Waals surface area contributed by atoms with Crippen LogP contribution in [0.3, 0.4) is 0 Å². The molecule has 2 rings (SSSR count). The Kier molecular flexibility index (Phi) is 8.67. The van der Waals surface area contributed by atoms with Crippen LogP contribution in [-0.4, -0.2) is 31.5 Å². The molecule has 2 aromatic carbocycles. The number of rotatable bonds is 5. The van der Waals surface area contributed by atoms with Crippen molar-refractivity contribution < 1.29 is 8.78 Å². The average Bonchev–Trinajstić information content (AvgIpc) is 2.56. The molecule has 0 bridgehead atoms. The summed E-state index contributed by atoms with van der Waals surface area (Å²) in [5.74, 6) is -0.874. The minimum atomic E-state index is -0.812. The number of hydrogen-bond donors (Lipinski definition) is 1. The minimum Gasteiger partial charge on any atom is -0.356 e. The number of benzene rings is 2. The highest BCUT2D eigenvalue weighted by molar-refractivity contribution is 14.0. The fourth-order valence-electron chi connectivity index (χ4n) is 2.37. The summed E-state index contributed by atoms with van der Waals surface area (Å²) in [4.78, 5) is 6.20. The summed E-state index contributed by atoms with van der Waals surface area (Å²) < 4.78 is 26.8. The molecule has 1 N–H and O–H groups in total. The maximum atomic E-state index is 13.6. The molecule has 6 heteroatoms. The molecule has 0 aromatic heterocycles. The topological polar surface area (TPSA) is 27.6 Å². The van der Waals surface area contributed by atoms with Crippen molar-refractivity contribution in [2.45, 2.75) is 13.0 Å². The van der Waals surface area contributed by atoms with E-state index in [9.17, 15) is 8.78 Å². The Morgan fingerprint density at radius 3 is 2.46 bits per heavy atom. The van der Waals surface area contributed by atoms with Crippen molar-refractivity contribution in [3.05, 3.63) is 71.3 Å². The van der Waals surface area contributed by atoms with Crippen molar-refractivity contribution in [2.24, 2.45) is 4.99 Å². The molecule has 3 nitrogen and oxygen atoms in total. The van der Waals surface area contributed by atoms with Gasteiger partial charge in [-0.3, -0.25) is 4.99 Å². The summed E-state index contributed by atoms with van der Waals surface area (Å²) >= 11 is 0. The molecule has 2 aromatic rings. The SMILES string of the molecule is CN=C(NCCc1cccc(F)c1F)N(C)Cc1ccccc1.I. The molecule has 0 radical (unpaired) electrons. The maximum Gasteiger partial charge on any atom is 0.193 e. The van der Waals surface area contributed by atoms with Crippen molar-refractivity contribution in [1.82, 2.24) is 10.2 Å². The molecule has 0 saturated carbocycles. The van der Waals surface area contributed by atoms with Crippen molar-refractivity contribution in [2.75, 3.05) is 20.6 Å². The zero-order valence-corrected chi connectivity index (χ0v) is 16.1. The van der Waals surface area contributed by atoms with Crippen LogP contribution in [0.4, 0.5) is 8.78 Å². The number of hydrogen-bond acceptors (Lipinski definition) is 1. The lowest BCUT2D eigenvalue weighted by atomic mass is 10.1. The van der Waals surface area contributed by atoms with Gasteiger partial charge < -0.3 is 10.2 Å². The summed E-state index contributed by atoms with van der Waals surface area (Å²) in [5.41, 5.74) is 1.53. The first-order chi connectivity index (χ1) is 11.1. The van der Waals surface area contributed by atoms with E-state index < -0.39 is 11.6 Å². The molecule has 0 spiro atoms. The van der Waals surface area contributed by atoms with Gasteiger partial charge in [0.25, 0.3) is 0 Å². The van der Waals surface area contributed by atoms with E-state index in [4.69, 9.17) is 0 Å². The second-order valence-electron chi connectivity index (χ2n) is 5.28. The first-order valence-electron chi connectivity index (χ1n) is 7.50. The van der Waals surface area contributed by atoms with Gasteiger partial charge in [0.15, 0.2) is 17.6 Å². The van der Waals surface area contributed by atoms with Gasteiger partial charge in [0, 0.05) is 27.2 Å². The van der Waals surface area contributed by atoms with E-state index in [-0.39, 0.29) is 24.0 Å². The molecular weight excluding hydrogens is 423 g/mol. The van der Waals surface area contributed by atoms with Crippen molar-refractivity contribution >= 4 is 29.9 Å². The lowest BCUT2D eigenvalue weighted by molar-refractivity contribution is 0.474. The molecule has 0 amide bonds. The van der Waals surface area contributed by atoms with Crippen LogP contribution in [0.5, 0.6) is 0 Å². The zero-order chi connectivity index (χ0) is 16.7. The molecule has 24 heavy (non-hydrogen) atoms. The first-order valence-corrected chi connectivity index (χ1v) is 7.50. The fraction of sp³-hybridized carbons (Fsp3) is 0.278. The van der Waals surface area contributed by atoms with Gasteiger partial charge in [-0.15, -0.1) is 24.0 Å². The van der Waals surface area contributed by atoms with Crippen LogP contribution >= 0.6 is 24.0 Å². The third-order valence-corrected chi connectivity index (χ3v) is 3.54. The van der Waals surface area contributed by atoms with E-state index in [1.54, 1.807) is 13.1 Å². The third kappa shape index (κ3) is 5.74. The quantitative estimate of drug-likeness (QED) is 0.431. The standard InChI is InChI=1S/C18H21F2N3.HI/c1-21-18(23(2)13-14-7-4-3-5-8-14)22-12-11-15-9-6-10-16(19)17(15)20;/h3-10H,11-13H2,1-2H3,(H,21,22);1H. The normalized spacial score (nSPS) is 10.9. The van der Waals surface area contributed by atoms with Crippen LogP contribution in [0.1, 0.15) is 11.1 Å². The van der Waals surface area contributed by atoms with Crippen molar-refractivity contribution in [3.63, 3.8) is 0 Å². The van der Waals surface area contributed by atoms with E-state index in [1.165, 1.54) is 11.6 Å². The van der Waals surface area contributed by atoms with E-state index in [0.717, 1.165) is 12.6 Å². The molecule has 0 aliphatic rings. The second kappa shape index (κ2) is 10.2. The Labute approximate surface area is 158 Å². The second-order valence-corrected chi connectivity index (χ2v) is 5.28. The van der Waals surface area contributed by atoms with E-state index in [1.807, 2.05) is 42.3 Å². The van der Waals surface area contributed by atoms with Gasteiger partial charge in [-0.05, 0) is 23.6 Å². The average molecular weight is 445 g/mol. The molecule has 0 heterocycles. The number of nitrogens with zero attached hydrogens (tertiary/aromatic N) is 2. The van der Waals surface area contributed by atoms with Gasteiger partial charge in [-0.2, -0.15) is 0 Å². The zero-order valence-electron chi connectivity index (χ0n) is 13.8. The lowest BCUT2D eigenvalue weighted by Crippen LogP contribution is -2.39. The predicted molar refractivity (Wildman–Crippen MR) is 105 cm³/mol. The minimum absolute atomic E-state index is 0. The van der Waals surface area contributed by atoms with Crippen LogP contribution < -0.4 is 5.32 Å². The Bertz CT molecular complexity index is 663. The Morgan fingerprint density at radius 2 is 1.79 bits per heavy atom. The third-order valence-electron chi connectivity index (χ3n) is 3.54. The Hall–Kier alpha value is -1.70. The van der Waals surface area contributed by atoms with Crippen LogP contribution in [-0.2, 0) is 13.0 Å². The van der Waals surface area contributed by atoms with E-state index in [0.29, 0.717) is 24.5 Å². The summed E-state index contributed by atoms with van der Waals surface area (Å²) in [6.07, 6.45) is 0.391. The number of halogens is 3.